The molecule has 6 heteroatoms. The Bertz CT molecular complexity index is 674. The minimum absolute atomic E-state index is 0.218. The highest BCUT2D eigenvalue weighted by Crippen LogP contribution is 2.29. The van der Waals surface area contributed by atoms with E-state index in [1.54, 1.807) is 12.1 Å². The van der Waals surface area contributed by atoms with Gasteiger partial charge >= 0.3 is 6.18 Å². The van der Waals surface area contributed by atoms with Gasteiger partial charge in [-0.05, 0) is 61.4 Å². The lowest BCUT2D eigenvalue weighted by Crippen LogP contribution is -2.20. The maximum atomic E-state index is 12.4. The Labute approximate surface area is 132 Å². The Morgan fingerprint density at radius 1 is 1.04 bits per heavy atom. The first-order chi connectivity index (χ1) is 10.7. The van der Waals surface area contributed by atoms with Gasteiger partial charge in [-0.3, -0.25) is 4.79 Å². The van der Waals surface area contributed by atoms with Crippen molar-refractivity contribution in [3.63, 3.8) is 0 Å². The SMILES string of the molecule is Cc1cc(C)cc(OCC(=O)Nc2ccc(C(F)(F)F)cc2)c1. The molecule has 0 spiro atoms. The van der Waals surface area contributed by atoms with Gasteiger partial charge in [0.2, 0.25) is 0 Å². The minimum atomic E-state index is -4.39. The summed E-state index contributed by atoms with van der Waals surface area (Å²) in [5.74, 6) is 0.133. The lowest BCUT2D eigenvalue weighted by atomic mass is 10.1. The second kappa shape index (κ2) is 6.73. The first-order valence-electron chi connectivity index (χ1n) is 6.92. The molecule has 0 radical (unpaired) electrons. The van der Waals surface area contributed by atoms with Crippen molar-refractivity contribution in [3.8, 4) is 5.75 Å². The molecule has 0 bridgehead atoms. The number of benzene rings is 2. The van der Waals surface area contributed by atoms with Crippen LogP contribution in [-0.4, -0.2) is 12.5 Å². The normalized spacial score (nSPS) is 11.2. The van der Waals surface area contributed by atoms with E-state index >= 15 is 0 Å². The first kappa shape index (κ1) is 16.9. The van der Waals surface area contributed by atoms with Crippen molar-refractivity contribution in [2.45, 2.75) is 20.0 Å². The minimum Gasteiger partial charge on any atom is -0.484 e. The molecule has 0 atom stereocenters. The zero-order valence-corrected chi connectivity index (χ0v) is 12.7. The number of anilines is 1. The number of halogens is 3. The van der Waals surface area contributed by atoms with Crippen LogP contribution in [-0.2, 0) is 11.0 Å². The highest BCUT2D eigenvalue weighted by Gasteiger charge is 2.29. The zero-order valence-electron chi connectivity index (χ0n) is 12.7. The van der Waals surface area contributed by atoms with E-state index in [2.05, 4.69) is 5.32 Å². The van der Waals surface area contributed by atoms with E-state index in [1.165, 1.54) is 12.1 Å². The van der Waals surface area contributed by atoms with Gasteiger partial charge in [0, 0.05) is 5.69 Å². The van der Waals surface area contributed by atoms with E-state index in [1.807, 2.05) is 19.9 Å². The quantitative estimate of drug-likeness (QED) is 0.909. The summed E-state index contributed by atoms with van der Waals surface area (Å²) in [5, 5.41) is 2.49. The van der Waals surface area contributed by atoms with Crippen LogP contribution in [0.25, 0.3) is 0 Å². The van der Waals surface area contributed by atoms with Crippen LogP contribution in [0.3, 0.4) is 0 Å². The van der Waals surface area contributed by atoms with Crippen LogP contribution in [0.1, 0.15) is 16.7 Å². The molecule has 0 aliphatic heterocycles. The van der Waals surface area contributed by atoms with Crippen LogP contribution in [0.4, 0.5) is 18.9 Å². The summed E-state index contributed by atoms with van der Waals surface area (Å²) in [7, 11) is 0. The molecule has 2 rings (SSSR count). The van der Waals surface area contributed by atoms with Gasteiger partial charge in [-0.2, -0.15) is 13.2 Å². The van der Waals surface area contributed by atoms with E-state index in [0.717, 1.165) is 23.3 Å². The molecule has 0 heterocycles. The van der Waals surface area contributed by atoms with E-state index < -0.39 is 17.6 Å². The number of aryl methyl sites for hydroxylation is 2. The molecule has 2 aromatic carbocycles. The highest BCUT2D eigenvalue weighted by atomic mass is 19.4. The second-order valence-corrected chi connectivity index (χ2v) is 5.24. The largest absolute Gasteiger partial charge is 0.484 e. The lowest BCUT2D eigenvalue weighted by molar-refractivity contribution is -0.137. The Kier molecular flexibility index (Phi) is 4.93. The molecule has 3 nitrogen and oxygen atoms in total. The van der Waals surface area contributed by atoms with Gasteiger partial charge in [-0.25, -0.2) is 0 Å². The van der Waals surface area contributed by atoms with Crippen LogP contribution >= 0.6 is 0 Å². The fourth-order valence-corrected chi connectivity index (χ4v) is 2.10. The zero-order chi connectivity index (χ0) is 17.0. The number of hydrogen-bond acceptors (Lipinski definition) is 2. The topological polar surface area (TPSA) is 38.3 Å². The molecule has 0 aliphatic rings. The maximum absolute atomic E-state index is 12.4. The Morgan fingerprint density at radius 3 is 2.13 bits per heavy atom. The fourth-order valence-electron chi connectivity index (χ4n) is 2.10. The third-order valence-corrected chi connectivity index (χ3v) is 3.06. The van der Waals surface area contributed by atoms with Crippen molar-refractivity contribution in [1.82, 2.24) is 0 Å². The van der Waals surface area contributed by atoms with Gasteiger partial charge in [0.1, 0.15) is 5.75 Å². The van der Waals surface area contributed by atoms with Crippen molar-refractivity contribution < 1.29 is 22.7 Å². The molecule has 1 N–H and O–H groups in total. The third-order valence-electron chi connectivity index (χ3n) is 3.06. The Hall–Kier alpha value is -2.50. The van der Waals surface area contributed by atoms with Gasteiger partial charge in [0.15, 0.2) is 6.61 Å². The van der Waals surface area contributed by atoms with Crippen molar-refractivity contribution in [2.24, 2.45) is 0 Å². The molecule has 2 aromatic rings. The Balaban J connectivity index is 1.92. The van der Waals surface area contributed by atoms with Crippen molar-refractivity contribution >= 4 is 11.6 Å². The molecule has 0 fully saturated rings. The molecule has 23 heavy (non-hydrogen) atoms. The van der Waals surface area contributed by atoms with Crippen molar-refractivity contribution in [3.05, 3.63) is 59.2 Å². The second-order valence-electron chi connectivity index (χ2n) is 5.24. The van der Waals surface area contributed by atoms with Crippen LogP contribution < -0.4 is 10.1 Å². The highest BCUT2D eigenvalue weighted by molar-refractivity contribution is 5.91. The third kappa shape index (κ3) is 5.02. The molecule has 122 valence electrons. The fraction of sp³-hybridized carbons (Fsp3) is 0.235. The monoisotopic (exact) mass is 323 g/mol. The first-order valence-corrected chi connectivity index (χ1v) is 6.92. The summed E-state index contributed by atoms with van der Waals surface area (Å²) in [4.78, 5) is 11.8. The average Bonchev–Trinajstić information content (AvgIpc) is 2.44. The van der Waals surface area contributed by atoms with Gasteiger partial charge in [-0.1, -0.05) is 6.07 Å². The molecule has 0 unspecified atom stereocenters. The molecule has 0 saturated heterocycles. The lowest BCUT2D eigenvalue weighted by Gasteiger charge is -2.10. The maximum Gasteiger partial charge on any atom is 0.416 e. The van der Waals surface area contributed by atoms with Crippen LogP contribution in [0.5, 0.6) is 5.75 Å². The number of rotatable bonds is 4. The van der Waals surface area contributed by atoms with Gasteiger partial charge in [0.05, 0.1) is 5.56 Å². The molecule has 0 saturated carbocycles. The smallest absolute Gasteiger partial charge is 0.416 e. The van der Waals surface area contributed by atoms with E-state index in [-0.39, 0.29) is 12.3 Å². The predicted molar refractivity (Wildman–Crippen MR) is 81.5 cm³/mol. The number of alkyl halides is 3. The van der Waals surface area contributed by atoms with Crippen molar-refractivity contribution in [1.29, 1.82) is 0 Å². The predicted octanol–water partition coefficient (Wildman–Crippen LogP) is 4.34. The molecule has 0 aliphatic carbocycles. The Morgan fingerprint density at radius 2 is 1.61 bits per heavy atom. The summed E-state index contributed by atoms with van der Waals surface area (Å²) in [6.07, 6.45) is -4.39. The summed E-state index contributed by atoms with van der Waals surface area (Å²) < 4.78 is 42.7. The number of hydrogen-bond donors (Lipinski definition) is 1. The van der Waals surface area contributed by atoms with Gasteiger partial charge < -0.3 is 10.1 Å². The number of amides is 1. The number of ether oxygens (including phenoxy) is 1. The number of carbonyl (C=O) groups excluding carboxylic acids is 1. The molecule has 0 aromatic heterocycles. The van der Waals surface area contributed by atoms with Crippen molar-refractivity contribution in [2.75, 3.05) is 11.9 Å². The summed E-state index contributed by atoms with van der Waals surface area (Å²) in [6.45, 7) is 3.62. The number of carbonyl (C=O) groups is 1. The summed E-state index contributed by atoms with van der Waals surface area (Å²) in [5.41, 5.74) is 1.56. The van der Waals surface area contributed by atoms with E-state index in [0.29, 0.717) is 5.75 Å². The van der Waals surface area contributed by atoms with Gasteiger partial charge in [-0.15, -0.1) is 0 Å². The summed E-state index contributed by atoms with van der Waals surface area (Å²) >= 11 is 0. The summed E-state index contributed by atoms with van der Waals surface area (Å²) in [6, 6.07) is 9.84. The molecule has 1 amide bonds. The van der Waals surface area contributed by atoms with E-state index in [9.17, 15) is 18.0 Å². The van der Waals surface area contributed by atoms with E-state index in [4.69, 9.17) is 4.74 Å². The van der Waals surface area contributed by atoms with Crippen LogP contribution in [0, 0.1) is 13.8 Å². The van der Waals surface area contributed by atoms with Crippen LogP contribution in [0.2, 0.25) is 0 Å². The molecular formula is C17H16F3NO2. The number of nitrogens with one attached hydrogen (secondary N) is 1. The van der Waals surface area contributed by atoms with Crippen LogP contribution in [0.15, 0.2) is 42.5 Å². The molecular weight excluding hydrogens is 307 g/mol. The average molecular weight is 323 g/mol. The van der Waals surface area contributed by atoms with Gasteiger partial charge in [0.25, 0.3) is 5.91 Å². The standard InChI is InChI=1S/C17H16F3NO2/c1-11-7-12(2)9-15(8-11)23-10-16(22)21-14-5-3-13(4-6-14)17(18,19)20/h3-9H,10H2,1-2H3,(H,21,22).